The van der Waals surface area contributed by atoms with Gasteiger partial charge in [-0.05, 0) is 56.9 Å². The van der Waals surface area contributed by atoms with E-state index in [-0.39, 0.29) is 11.8 Å². The van der Waals surface area contributed by atoms with Gasteiger partial charge in [-0.2, -0.15) is 0 Å². The van der Waals surface area contributed by atoms with E-state index in [1.807, 2.05) is 70.2 Å². The van der Waals surface area contributed by atoms with Crippen molar-refractivity contribution in [3.63, 3.8) is 0 Å². The zero-order valence-electron chi connectivity index (χ0n) is 16.0. The molecule has 140 valence electrons. The molecule has 26 heavy (non-hydrogen) atoms. The summed E-state index contributed by atoms with van der Waals surface area (Å²) >= 11 is 0. The Labute approximate surface area is 156 Å². The number of sulfone groups is 1. The summed E-state index contributed by atoms with van der Waals surface area (Å²) in [7, 11) is -3.61. The van der Waals surface area contributed by atoms with Gasteiger partial charge >= 0.3 is 0 Å². The smallest absolute Gasteiger partial charge is 0.238 e. The number of amides is 1. The fourth-order valence-electron chi connectivity index (χ4n) is 3.08. The van der Waals surface area contributed by atoms with Gasteiger partial charge in [0.15, 0.2) is 9.84 Å². The van der Waals surface area contributed by atoms with Crippen LogP contribution in [-0.4, -0.2) is 19.6 Å². The van der Waals surface area contributed by atoms with Gasteiger partial charge in [-0.1, -0.05) is 48.0 Å². The monoisotopic (exact) mass is 373 g/mol. The molecule has 0 saturated carbocycles. The van der Waals surface area contributed by atoms with E-state index < -0.39 is 21.0 Å². The lowest BCUT2D eigenvalue weighted by atomic mass is 10.0. The van der Waals surface area contributed by atoms with Crippen LogP contribution in [-0.2, 0) is 20.4 Å². The van der Waals surface area contributed by atoms with Gasteiger partial charge in [0.1, 0.15) is 5.25 Å². The molecule has 0 bridgehead atoms. The molecule has 4 nitrogen and oxygen atoms in total. The maximum Gasteiger partial charge on any atom is 0.238 e. The molecule has 1 amide bonds. The summed E-state index contributed by atoms with van der Waals surface area (Å²) in [6, 6.07) is 13.2. The Balaban J connectivity index is 2.14. The zero-order chi connectivity index (χ0) is 19.5. The summed E-state index contributed by atoms with van der Waals surface area (Å²) in [5, 5.41) is 1.71. The van der Waals surface area contributed by atoms with Crippen LogP contribution in [0.1, 0.15) is 47.7 Å². The van der Waals surface area contributed by atoms with Gasteiger partial charge in [-0.25, -0.2) is 8.42 Å². The van der Waals surface area contributed by atoms with Gasteiger partial charge in [-0.3, -0.25) is 4.79 Å². The molecule has 0 fully saturated rings. The van der Waals surface area contributed by atoms with Crippen molar-refractivity contribution in [3.8, 4) is 0 Å². The molecular formula is C21H27NO3S. The van der Waals surface area contributed by atoms with Crippen molar-refractivity contribution < 1.29 is 13.2 Å². The van der Waals surface area contributed by atoms with Crippen LogP contribution in [0.3, 0.4) is 0 Å². The normalized spacial score (nSPS) is 13.9. The number of carbonyl (C=O) groups is 1. The van der Waals surface area contributed by atoms with E-state index in [2.05, 4.69) is 5.32 Å². The van der Waals surface area contributed by atoms with E-state index in [4.69, 9.17) is 0 Å². The molecule has 0 heterocycles. The Morgan fingerprint density at radius 2 is 1.54 bits per heavy atom. The first-order valence-electron chi connectivity index (χ1n) is 8.75. The van der Waals surface area contributed by atoms with Gasteiger partial charge in [0.05, 0.1) is 11.8 Å². The number of hydrogen-bond donors (Lipinski definition) is 1. The lowest BCUT2D eigenvalue weighted by molar-refractivity contribution is -0.121. The molecule has 2 aromatic rings. The van der Waals surface area contributed by atoms with Crippen molar-refractivity contribution in [2.24, 2.45) is 0 Å². The van der Waals surface area contributed by atoms with Crippen molar-refractivity contribution in [1.29, 1.82) is 0 Å². The Kier molecular flexibility index (Phi) is 6.24. The van der Waals surface area contributed by atoms with E-state index >= 15 is 0 Å². The van der Waals surface area contributed by atoms with Crippen molar-refractivity contribution in [2.45, 2.75) is 51.7 Å². The third kappa shape index (κ3) is 4.73. The minimum absolute atomic E-state index is 0.126. The van der Waals surface area contributed by atoms with Crippen LogP contribution in [0.2, 0.25) is 0 Å². The molecular weight excluding hydrogens is 346 g/mol. The molecule has 0 aliphatic carbocycles. The fourth-order valence-corrected chi connectivity index (χ4v) is 4.58. The van der Waals surface area contributed by atoms with Crippen molar-refractivity contribution in [1.82, 2.24) is 5.32 Å². The van der Waals surface area contributed by atoms with Gasteiger partial charge in [0.2, 0.25) is 5.91 Å². The molecule has 2 aromatic carbocycles. The molecule has 0 spiro atoms. The van der Waals surface area contributed by atoms with E-state index in [0.29, 0.717) is 0 Å². The van der Waals surface area contributed by atoms with Crippen LogP contribution in [0, 0.1) is 20.8 Å². The Morgan fingerprint density at radius 1 is 1.00 bits per heavy atom. The first-order chi connectivity index (χ1) is 12.1. The van der Waals surface area contributed by atoms with Gasteiger partial charge < -0.3 is 5.32 Å². The summed E-state index contributed by atoms with van der Waals surface area (Å²) in [6.45, 7) is 9.11. The average Bonchev–Trinajstić information content (AvgIpc) is 2.58. The largest absolute Gasteiger partial charge is 0.348 e. The van der Waals surface area contributed by atoms with Crippen LogP contribution < -0.4 is 5.32 Å². The standard InChI is InChI=1S/C21H27NO3S/c1-14-11-15(2)20(16(3)12-14)13-26(24,25)18(5)21(23)22-17(4)19-9-7-6-8-10-19/h6-12,17-18H,13H2,1-5H3,(H,22,23). The Bertz CT molecular complexity index is 866. The molecule has 2 rings (SSSR count). The zero-order valence-corrected chi connectivity index (χ0v) is 16.9. The van der Waals surface area contributed by atoms with Gasteiger partial charge in [0.25, 0.3) is 0 Å². The van der Waals surface area contributed by atoms with Gasteiger partial charge in [-0.15, -0.1) is 0 Å². The SMILES string of the molecule is Cc1cc(C)c(CS(=O)(=O)C(C)C(=O)NC(C)c2ccccc2)c(C)c1. The average molecular weight is 374 g/mol. The van der Waals surface area contributed by atoms with E-state index in [1.165, 1.54) is 6.92 Å². The molecule has 0 aromatic heterocycles. The second kappa shape index (κ2) is 8.04. The summed E-state index contributed by atoms with van der Waals surface area (Å²) in [6.07, 6.45) is 0. The predicted molar refractivity (Wildman–Crippen MR) is 106 cm³/mol. The molecule has 1 N–H and O–H groups in total. The number of nitrogens with one attached hydrogen (secondary N) is 1. The molecule has 0 saturated heterocycles. The lowest BCUT2D eigenvalue weighted by Crippen LogP contribution is -2.39. The minimum atomic E-state index is -3.61. The predicted octanol–water partition coefficient (Wildman–Crippen LogP) is 3.79. The lowest BCUT2D eigenvalue weighted by Gasteiger charge is -2.19. The summed E-state index contributed by atoms with van der Waals surface area (Å²) in [5.74, 6) is -0.594. The topological polar surface area (TPSA) is 63.2 Å². The van der Waals surface area contributed by atoms with E-state index in [9.17, 15) is 13.2 Å². The molecule has 0 aliphatic heterocycles. The number of carbonyl (C=O) groups excluding carboxylic acids is 1. The highest BCUT2D eigenvalue weighted by molar-refractivity contribution is 7.92. The maximum absolute atomic E-state index is 12.8. The second-order valence-electron chi connectivity index (χ2n) is 6.97. The highest BCUT2D eigenvalue weighted by atomic mass is 32.2. The van der Waals surface area contributed by atoms with Crippen molar-refractivity contribution >= 4 is 15.7 Å². The van der Waals surface area contributed by atoms with E-state index in [0.717, 1.165) is 27.8 Å². The molecule has 2 atom stereocenters. The molecule has 0 radical (unpaired) electrons. The molecule has 2 unspecified atom stereocenters. The number of aryl methyl sites for hydroxylation is 3. The number of rotatable bonds is 6. The van der Waals surface area contributed by atoms with Crippen molar-refractivity contribution in [3.05, 3.63) is 70.3 Å². The van der Waals surface area contributed by atoms with Crippen LogP contribution in [0.4, 0.5) is 0 Å². The first kappa shape index (κ1) is 20.2. The Morgan fingerprint density at radius 3 is 2.08 bits per heavy atom. The molecule has 5 heteroatoms. The number of hydrogen-bond acceptors (Lipinski definition) is 3. The third-order valence-corrected chi connectivity index (χ3v) is 6.73. The number of benzene rings is 2. The van der Waals surface area contributed by atoms with E-state index in [1.54, 1.807) is 0 Å². The molecule has 0 aliphatic rings. The first-order valence-corrected chi connectivity index (χ1v) is 10.5. The fraction of sp³-hybridized carbons (Fsp3) is 0.381. The van der Waals surface area contributed by atoms with Crippen LogP contribution >= 0.6 is 0 Å². The highest BCUT2D eigenvalue weighted by Crippen LogP contribution is 2.21. The highest BCUT2D eigenvalue weighted by Gasteiger charge is 2.30. The summed E-state index contributed by atoms with van der Waals surface area (Å²) < 4.78 is 25.6. The quantitative estimate of drug-likeness (QED) is 0.838. The van der Waals surface area contributed by atoms with Crippen LogP contribution in [0.15, 0.2) is 42.5 Å². The van der Waals surface area contributed by atoms with Gasteiger partial charge in [0, 0.05) is 0 Å². The maximum atomic E-state index is 12.8. The Hall–Kier alpha value is -2.14. The third-order valence-electron chi connectivity index (χ3n) is 4.75. The minimum Gasteiger partial charge on any atom is -0.348 e. The van der Waals surface area contributed by atoms with Crippen LogP contribution in [0.25, 0.3) is 0 Å². The van der Waals surface area contributed by atoms with Crippen LogP contribution in [0.5, 0.6) is 0 Å². The summed E-state index contributed by atoms with van der Waals surface area (Å²) in [5.41, 5.74) is 4.71. The second-order valence-corrected chi connectivity index (χ2v) is 9.29. The summed E-state index contributed by atoms with van der Waals surface area (Å²) in [4.78, 5) is 12.5. The van der Waals surface area contributed by atoms with Crippen molar-refractivity contribution in [2.75, 3.05) is 0 Å².